The van der Waals surface area contributed by atoms with Gasteiger partial charge >= 0.3 is 0 Å². The lowest BCUT2D eigenvalue weighted by Crippen LogP contribution is -2.36. The number of hydrazine groups is 1. The van der Waals surface area contributed by atoms with Gasteiger partial charge in [-0.3, -0.25) is 19.8 Å². The van der Waals surface area contributed by atoms with Crippen molar-refractivity contribution in [3.05, 3.63) is 110 Å². The van der Waals surface area contributed by atoms with Gasteiger partial charge in [0, 0.05) is 28.6 Å². The highest BCUT2D eigenvalue weighted by Crippen LogP contribution is 2.41. The number of nitrogens with one attached hydrogen (secondary N) is 3. The van der Waals surface area contributed by atoms with Crippen LogP contribution in [0, 0.1) is 0 Å². The number of amides is 3. The number of aliphatic imine (C=N–C) groups is 1. The number of rotatable bonds is 32. The predicted octanol–water partition coefficient (Wildman–Crippen LogP) is 16.7. The molecule has 0 saturated carbocycles. The van der Waals surface area contributed by atoms with E-state index >= 15 is 0 Å². The summed E-state index contributed by atoms with van der Waals surface area (Å²) in [6.45, 7) is 7.69. The van der Waals surface area contributed by atoms with E-state index in [1.54, 1.807) is 36.4 Å². The van der Waals surface area contributed by atoms with Gasteiger partial charge in [-0.05, 0) is 105 Å². The number of ether oxygens (including phenoxy) is 1. The number of benzene rings is 4. The number of anilines is 2. The van der Waals surface area contributed by atoms with Crippen LogP contribution in [0.15, 0.2) is 82.7 Å². The van der Waals surface area contributed by atoms with Gasteiger partial charge in [-0.25, -0.2) is 10.0 Å². The number of halogens is 4. The Morgan fingerprint density at radius 2 is 1.34 bits per heavy atom. The fourth-order valence-corrected chi connectivity index (χ4v) is 10.7. The third-order valence-electron chi connectivity index (χ3n) is 12.3. The summed E-state index contributed by atoms with van der Waals surface area (Å²) in [5.41, 5.74) is 7.23. The zero-order chi connectivity index (χ0) is 50.1. The van der Waals surface area contributed by atoms with Crippen molar-refractivity contribution >= 4 is 98.8 Å². The first-order valence-electron chi connectivity index (χ1n) is 25.7. The Labute approximate surface area is 441 Å². The number of unbranched alkanes of at least 4 members (excludes halogenated alkanes) is 15. The van der Waals surface area contributed by atoms with Crippen molar-refractivity contribution in [3.8, 4) is 5.75 Å². The van der Waals surface area contributed by atoms with Crippen LogP contribution in [0.5, 0.6) is 5.75 Å². The molecule has 0 bridgehead atoms. The maximum atomic E-state index is 14.5. The molecule has 0 aliphatic carbocycles. The molecule has 380 valence electrons. The number of aryl methyl sites for hydroxylation is 2. The van der Waals surface area contributed by atoms with E-state index in [4.69, 9.17) is 56.1 Å². The van der Waals surface area contributed by atoms with Gasteiger partial charge in [0.2, 0.25) is 5.91 Å². The molecular weight excluding hydrogens is 981 g/mol. The Morgan fingerprint density at radius 3 is 2.04 bits per heavy atom. The van der Waals surface area contributed by atoms with Crippen molar-refractivity contribution in [2.24, 2.45) is 4.99 Å². The molecule has 0 aromatic heterocycles. The SMILES string of the molecule is CCCCCCCCCCCCCC(=O)Nc1ccc(Cl)c(N=C2NN(c3c(Cl)cc(Cl)cc3Cl)C(=O)C2Sc2ccccc2C(=O)NCCCCOc2ccc(CCCCC)cc2CCCCC)c1. The highest BCUT2D eigenvalue weighted by atomic mass is 35.5. The fourth-order valence-electron chi connectivity index (χ4n) is 8.41. The minimum atomic E-state index is -0.985. The second-order valence-electron chi connectivity index (χ2n) is 18.2. The molecule has 1 fully saturated rings. The van der Waals surface area contributed by atoms with Crippen molar-refractivity contribution in [2.75, 3.05) is 23.5 Å². The van der Waals surface area contributed by atoms with Crippen LogP contribution in [-0.4, -0.2) is 42.0 Å². The Morgan fingerprint density at radius 1 is 0.700 bits per heavy atom. The van der Waals surface area contributed by atoms with Gasteiger partial charge in [0.1, 0.15) is 22.5 Å². The smallest absolute Gasteiger partial charge is 0.267 e. The molecule has 0 radical (unpaired) electrons. The maximum Gasteiger partial charge on any atom is 0.267 e. The topological polar surface area (TPSA) is 112 Å². The molecule has 1 aliphatic heterocycles. The lowest BCUT2D eigenvalue weighted by Gasteiger charge is -2.19. The van der Waals surface area contributed by atoms with Gasteiger partial charge in [-0.2, -0.15) is 0 Å². The first kappa shape index (κ1) is 57.0. The first-order chi connectivity index (χ1) is 34.0. The molecule has 5 rings (SSSR count). The summed E-state index contributed by atoms with van der Waals surface area (Å²) in [6.07, 6.45) is 24.4. The maximum absolute atomic E-state index is 14.5. The average Bonchev–Trinajstić information content (AvgIpc) is 3.63. The molecule has 0 spiro atoms. The molecule has 70 heavy (non-hydrogen) atoms. The molecule has 9 nitrogen and oxygen atoms in total. The first-order valence-corrected chi connectivity index (χ1v) is 28.1. The highest BCUT2D eigenvalue weighted by Gasteiger charge is 2.41. The summed E-state index contributed by atoms with van der Waals surface area (Å²) in [5.74, 6) is 0.384. The van der Waals surface area contributed by atoms with Gasteiger partial charge < -0.3 is 15.4 Å². The quantitative estimate of drug-likeness (QED) is 0.0420. The summed E-state index contributed by atoms with van der Waals surface area (Å²) < 4.78 is 6.31. The number of carbonyl (C=O) groups is 3. The molecule has 14 heteroatoms. The van der Waals surface area contributed by atoms with Gasteiger partial charge in [0.15, 0.2) is 0 Å². The van der Waals surface area contributed by atoms with Crippen molar-refractivity contribution in [1.29, 1.82) is 0 Å². The summed E-state index contributed by atoms with van der Waals surface area (Å²) in [6, 6.07) is 21.9. The Hall–Kier alpha value is -3.93. The van der Waals surface area contributed by atoms with E-state index in [1.807, 2.05) is 6.07 Å². The number of nitrogens with zero attached hydrogens (tertiary/aromatic N) is 2. The second-order valence-corrected chi connectivity index (χ2v) is 21.0. The monoisotopic (exact) mass is 1050 g/mol. The van der Waals surface area contributed by atoms with Crippen molar-refractivity contribution in [3.63, 3.8) is 0 Å². The van der Waals surface area contributed by atoms with Crippen molar-refractivity contribution in [1.82, 2.24) is 10.7 Å². The van der Waals surface area contributed by atoms with Crippen LogP contribution in [0.25, 0.3) is 0 Å². The highest BCUT2D eigenvalue weighted by molar-refractivity contribution is 8.01. The van der Waals surface area contributed by atoms with E-state index in [0.29, 0.717) is 51.5 Å². The van der Waals surface area contributed by atoms with Crippen LogP contribution in [0.3, 0.4) is 0 Å². The minimum Gasteiger partial charge on any atom is -0.493 e. The zero-order valence-electron chi connectivity index (χ0n) is 41.4. The largest absolute Gasteiger partial charge is 0.493 e. The third kappa shape index (κ3) is 18.6. The lowest BCUT2D eigenvalue weighted by molar-refractivity contribution is -0.117. The molecule has 1 aliphatic rings. The van der Waals surface area contributed by atoms with Crippen LogP contribution in [0.4, 0.5) is 17.1 Å². The molecule has 4 aromatic rings. The summed E-state index contributed by atoms with van der Waals surface area (Å²) in [4.78, 5) is 46.7. The molecular formula is C56H73Cl4N5O4S. The summed E-state index contributed by atoms with van der Waals surface area (Å²) in [5, 5.41) is 7.23. The molecule has 1 heterocycles. The standard InChI is InChI=1S/C56H73Cl4N5O4S/c1-4-7-10-11-12-13-14-15-16-17-20-29-51(66)62-43-31-32-45(58)48(39-43)63-54-53(56(68)65(64-54)52-46(59)37-42(57)38-47(52)60)70-50-28-22-21-27-44(50)55(67)61-34-23-24-35-69-49-33-30-40(25-18-8-5-2)36-41(49)26-19-9-6-3/h21-22,27-28,30-33,36-39,53H,4-20,23-26,29,34-35H2,1-3H3,(H,61,67)(H,62,66)(H,63,64). The van der Waals surface area contributed by atoms with E-state index in [-0.39, 0.29) is 33.4 Å². The number of thioether (sulfide) groups is 1. The second kappa shape index (κ2) is 31.5. The van der Waals surface area contributed by atoms with Crippen LogP contribution >= 0.6 is 58.2 Å². The lowest BCUT2D eigenvalue weighted by atomic mass is 10.00. The molecule has 1 unspecified atom stereocenters. The van der Waals surface area contributed by atoms with Gasteiger partial charge in [0.25, 0.3) is 11.8 Å². The molecule has 3 amide bonds. The van der Waals surface area contributed by atoms with E-state index in [2.05, 4.69) is 55.0 Å². The van der Waals surface area contributed by atoms with Crippen LogP contribution in [0.1, 0.15) is 171 Å². The van der Waals surface area contributed by atoms with Crippen LogP contribution in [0.2, 0.25) is 20.1 Å². The Bertz CT molecular complexity index is 2310. The minimum absolute atomic E-state index is 0.0914. The fraction of sp³-hybridized carbons (Fsp3) is 0.500. The summed E-state index contributed by atoms with van der Waals surface area (Å²) >= 11 is 27.4. The molecule has 1 saturated heterocycles. The number of amidine groups is 1. The average molecular weight is 1050 g/mol. The van der Waals surface area contributed by atoms with E-state index in [0.717, 1.165) is 57.1 Å². The van der Waals surface area contributed by atoms with E-state index in [1.165, 1.54) is 124 Å². The summed E-state index contributed by atoms with van der Waals surface area (Å²) in [7, 11) is 0. The van der Waals surface area contributed by atoms with Crippen LogP contribution < -0.4 is 25.8 Å². The van der Waals surface area contributed by atoms with Crippen molar-refractivity contribution < 1.29 is 19.1 Å². The number of carbonyl (C=O) groups excluding carboxylic acids is 3. The number of hydrogen-bond donors (Lipinski definition) is 3. The van der Waals surface area contributed by atoms with Crippen LogP contribution in [-0.2, 0) is 22.4 Å². The van der Waals surface area contributed by atoms with E-state index < -0.39 is 11.2 Å². The van der Waals surface area contributed by atoms with Gasteiger partial charge in [-0.1, -0.05) is 181 Å². The molecule has 1 atom stereocenters. The van der Waals surface area contributed by atoms with E-state index in [9.17, 15) is 14.4 Å². The Balaban J connectivity index is 1.22. The normalized spacial score (nSPS) is 14.0. The van der Waals surface area contributed by atoms with Crippen molar-refractivity contribution in [2.45, 2.75) is 172 Å². The van der Waals surface area contributed by atoms with Gasteiger partial charge in [-0.15, -0.1) is 11.8 Å². The Kier molecular flexibility index (Phi) is 25.6. The molecule has 3 N–H and O–H groups in total. The molecule has 4 aromatic carbocycles. The zero-order valence-corrected chi connectivity index (χ0v) is 45.3. The predicted molar refractivity (Wildman–Crippen MR) is 296 cm³/mol. The third-order valence-corrected chi connectivity index (χ3v) is 14.7. The van der Waals surface area contributed by atoms with Gasteiger partial charge in [0.05, 0.1) is 32.9 Å². The number of hydrogen-bond acceptors (Lipinski definition) is 6.